The molecule has 0 spiro atoms. The standard InChI is InChI=1S/C16H13ClN2O4/c17-14-7-11(3-6-13(14)16(21)22)19-8-10-1-4-12(5-2-10)23-9-15(18)20/h1-8H,9H2,(H2,18,20)(H,21,22). The lowest BCUT2D eigenvalue weighted by Crippen LogP contribution is -2.19. The Morgan fingerprint density at radius 3 is 2.48 bits per heavy atom. The van der Waals surface area contributed by atoms with Crippen molar-refractivity contribution < 1.29 is 19.4 Å². The maximum Gasteiger partial charge on any atom is 0.337 e. The van der Waals surface area contributed by atoms with Crippen molar-refractivity contribution in [3.8, 4) is 5.75 Å². The fraction of sp³-hybridized carbons (Fsp3) is 0.0625. The highest BCUT2D eigenvalue weighted by Gasteiger charge is 2.08. The molecule has 0 unspecified atom stereocenters. The number of aliphatic imine (C=N–C) groups is 1. The fourth-order valence-electron chi connectivity index (χ4n) is 1.71. The lowest BCUT2D eigenvalue weighted by molar-refractivity contribution is -0.119. The number of halogens is 1. The Labute approximate surface area is 137 Å². The van der Waals surface area contributed by atoms with E-state index in [9.17, 15) is 9.59 Å². The molecule has 0 aliphatic heterocycles. The Morgan fingerprint density at radius 2 is 1.91 bits per heavy atom. The molecule has 2 aromatic rings. The Bertz CT molecular complexity index is 757. The maximum absolute atomic E-state index is 10.9. The molecule has 7 heteroatoms. The van der Waals surface area contributed by atoms with Crippen molar-refractivity contribution in [1.29, 1.82) is 0 Å². The topological polar surface area (TPSA) is 102 Å². The van der Waals surface area contributed by atoms with Gasteiger partial charge in [0.05, 0.1) is 16.3 Å². The van der Waals surface area contributed by atoms with Crippen LogP contribution in [0.25, 0.3) is 0 Å². The van der Waals surface area contributed by atoms with E-state index in [4.69, 9.17) is 27.2 Å². The third-order valence-corrected chi connectivity index (χ3v) is 3.12. The molecule has 0 aromatic heterocycles. The minimum Gasteiger partial charge on any atom is -0.484 e. The molecule has 0 heterocycles. The van der Waals surface area contributed by atoms with Crippen molar-refractivity contribution in [1.82, 2.24) is 0 Å². The van der Waals surface area contributed by atoms with E-state index >= 15 is 0 Å². The number of carboxylic acids is 1. The number of primary amides is 1. The molecule has 0 saturated heterocycles. The van der Waals surface area contributed by atoms with E-state index in [0.29, 0.717) is 11.4 Å². The Morgan fingerprint density at radius 1 is 1.22 bits per heavy atom. The number of ether oxygens (including phenoxy) is 1. The van der Waals surface area contributed by atoms with E-state index in [0.717, 1.165) is 5.56 Å². The van der Waals surface area contributed by atoms with Gasteiger partial charge in [0, 0.05) is 6.21 Å². The van der Waals surface area contributed by atoms with Gasteiger partial charge in [0.25, 0.3) is 5.91 Å². The van der Waals surface area contributed by atoms with Crippen LogP contribution in [0.5, 0.6) is 5.75 Å². The molecule has 2 aromatic carbocycles. The second-order valence-corrected chi connectivity index (χ2v) is 4.96. The second kappa shape index (κ2) is 7.42. The first-order valence-electron chi connectivity index (χ1n) is 6.54. The van der Waals surface area contributed by atoms with Crippen LogP contribution < -0.4 is 10.5 Å². The number of carboxylic acid groups (broad SMARTS) is 1. The number of carbonyl (C=O) groups is 2. The van der Waals surface area contributed by atoms with Crippen molar-refractivity contribution >= 4 is 35.4 Å². The molecular weight excluding hydrogens is 320 g/mol. The quantitative estimate of drug-likeness (QED) is 0.794. The van der Waals surface area contributed by atoms with E-state index in [2.05, 4.69) is 4.99 Å². The SMILES string of the molecule is NC(=O)COc1ccc(C=Nc2ccc(C(=O)O)c(Cl)c2)cc1. The van der Waals surface area contributed by atoms with E-state index in [1.807, 2.05) is 0 Å². The summed E-state index contributed by atoms with van der Waals surface area (Å²) < 4.78 is 5.14. The van der Waals surface area contributed by atoms with Gasteiger partial charge in [-0.05, 0) is 48.0 Å². The van der Waals surface area contributed by atoms with Crippen molar-refractivity contribution in [2.24, 2.45) is 10.7 Å². The lowest BCUT2D eigenvalue weighted by Gasteiger charge is -2.03. The van der Waals surface area contributed by atoms with Gasteiger partial charge in [0.1, 0.15) is 5.75 Å². The van der Waals surface area contributed by atoms with Crippen molar-refractivity contribution in [3.05, 3.63) is 58.6 Å². The number of amides is 1. The number of rotatable bonds is 6. The zero-order valence-corrected chi connectivity index (χ0v) is 12.7. The maximum atomic E-state index is 10.9. The highest BCUT2D eigenvalue weighted by Crippen LogP contribution is 2.23. The van der Waals surface area contributed by atoms with Crippen LogP contribution in [0.4, 0.5) is 5.69 Å². The van der Waals surface area contributed by atoms with E-state index in [1.54, 1.807) is 36.5 Å². The van der Waals surface area contributed by atoms with Gasteiger partial charge in [0.2, 0.25) is 0 Å². The number of nitrogens with two attached hydrogens (primary N) is 1. The van der Waals surface area contributed by atoms with E-state index in [1.165, 1.54) is 12.1 Å². The van der Waals surface area contributed by atoms with Crippen LogP contribution in [0.3, 0.4) is 0 Å². The molecule has 118 valence electrons. The summed E-state index contributed by atoms with van der Waals surface area (Å²) in [7, 11) is 0. The molecule has 0 aliphatic rings. The van der Waals surface area contributed by atoms with Gasteiger partial charge in [0.15, 0.2) is 6.61 Å². The average molecular weight is 333 g/mol. The molecule has 0 aliphatic carbocycles. The molecule has 2 rings (SSSR count). The summed E-state index contributed by atoms with van der Waals surface area (Å²) in [4.78, 5) is 25.7. The van der Waals surface area contributed by atoms with Crippen LogP contribution in [0, 0.1) is 0 Å². The van der Waals surface area contributed by atoms with Crippen LogP contribution in [0.1, 0.15) is 15.9 Å². The van der Waals surface area contributed by atoms with Crippen LogP contribution >= 0.6 is 11.6 Å². The molecule has 1 amide bonds. The third kappa shape index (κ3) is 4.82. The Kier molecular flexibility index (Phi) is 5.32. The molecule has 0 radical (unpaired) electrons. The van der Waals surface area contributed by atoms with Crippen molar-refractivity contribution in [2.45, 2.75) is 0 Å². The first-order valence-corrected chi connectivity index (χ1v) is 6.91. The van der Waals surface area contributed by atoms with E-state index in [-0.39, 0.29) is 17.2 Å². The highest BCUT2D eigenvalue weighted by molar-refractivity contribution is 6.33. The summed E-state index contributed by atoms with van der Waals surface area (Å²) in [5.41, 5.74) is 6.36. The highest BCUT2D eigenvalue weighted by atomic mass is 35.5. The molecule has 0 bridgehead atoms. The Balaban J connectivity index is 2.06. The van der Waals surface area contributed by atoms with Crippen LogP contribution in [-0.2, 0) is 4.79 Å². The largest absolute Gasteiger partial charge is 0.484 e. The molecular formula is C16H13ClN2O4. The van der Waals surface area contributed by atoms with Gasteiger partial charge in [-0.3, -0.25) is 9.79 Å². The number of aromatic carboxylic acids is 1. The second-order valence-electron chi connectivity index (χ2n) is 4.55. The zero-order valence-electron chi connectivity index (χ0n) is 11.9. The van der Waals surface area contributed by atoms with Crippen molar-refractivity contribution in [3.63, 3.8) is 0 Å². The van der Waals surface area contributed by atoms with Gasteiger partial charge in [-0.25, -0.2) is 4.79 Å². The van der Waals surface area contributed by atoms with Crippen LogP contribution in [0.15, 0.2) is 47.5 Å². The third-order valence-electron chi connectivity index (χ3n) is 2.81. The summed E-state index contributed by atoms with van der Waals surface area (Å²) in [6, 6.07) is 11.3. The number of hydrogen-bond acceptors (Lipinski definition) is 4. The molecule has 0 atom stereocenters. The number of carbonyl (C=O) groups excluding carboxylic acids is 1. The van der Waals surface area contributed by atoms with E-state index < -0.39 is 11.9 Å². The van der Waals surface area contributed by atoms with Gasteiger partial charge >= 0.3 is 5.97 Å². The average Bonchev–Trinajstić information content (AvgIpc) is 2.51. The minimum atomic E-state index is -1.09. The molecule has 0 fully saturated rings. The number of nitrogens with zero attached hydrogens (tertiary/aromatic N) is 1. The normalized spacial score (nSPS) is 10.7. The summed E-state index contributed by atoms with van der Waals surface area (Å²) in [6.07, 6.45) is 1.60. The molecule has 0 saturated carbocycles. The van der Waals surface area contributed by atoms with Gasteiger partial charge in [-0.2, -0.15) is 0 Å². The van der Waals surface area contributed by atoms with Gasteiger partial charge in [-0.15, -0.1) is 0 Å². The number of hydrogen-bond donors (Lipinski definition) is 2. The van der Waals surface area contributed by atoms with Crippen LogP contribution in [0.2, 0.25) is 5.02 Å². The fourth-order valence-corrected chi connectivity index (χ4v) is 1.97. The molecule has 23 heavy (non-hydrogen) atoms. The first kappa shape index (κ1) is 16.5. The van der Waals surface area contributed by atoms with Gasteiger partial charge in [-0.1, -0.05) is 11.6 Å². The summed E-state index contributed by atoms with van der Waals surface area (Å²) in [5.74, 6) is -1.11. The predicted octanol–water partition coefficient (Wildman–Crippen LogP) is 2.65. The number of benzene rings is 2. The first-order chi connectivity index (χ1) is 11.0. The summed E-state index contributed by atoms with van der Waals surface area (Å²) in [6.45, 7) is -0.179. The molecule has 3 N–H and O–H groups in total. The van der Waals surface area contributed by atoms with Crippen molar-refractivity contribution in [2.75, 3.05) is 6.61 Å². The summed E-state index contributed by atoms with van der Waals surface area (Å²) in [5, 5.41) is 9.03. The smallest absolute Gasteiger partial charge is 0.337 e. The lowest BCUT2D eigenvalue weighted by atomic mass is 10.2. The van der Waals surface area contributed by atoms with Gasteiger partial charge < -0.3 is 15.6 Å². The van der Waals surface area contributed by atoms with Crippen LogP contribution in [-0.4, -0.2) is 29.8 Å². The predicted molar refractivity (Wildman–Crippen MR) is 86.8 cm³/mol. The minimum absolute atomic E-state index is 0.0292. The summed E-state index contributed by atoms with van der Waals surface area (Å²) >= 11 is 5.88. The molecule has 6 nitrogen and oxygen atoms in total. The monoisotopic (exact) mass is 332 g/mol. The Hall–Kier alpha value is -2.86. The zero-order chi connectivity index (χ0) is 16.8.